The van der Waals surface area contributed by atoms with E-state index in [1.54, 1.807) is 11.0 Å². The van der Waals surface area contributed by atoms with Crippen LogP contribution in [-0.2, 0) is 0 Å². The van der Waals surface area contributed by atoms with E-state index < -0.39 is 0 Å². The third-order valence-corrected chi connectivity index (χ3v) is 3.35. The number of benzene rings is 1. The highest BCUT2D eigenvalue weighted by Crippen LogP contribution is 2.24. The summed E-state index contributed by atoms with van der Waals surface area (Å²) < 4.78 is 7.48. The van der Waals surface area contributed by atoms with E-state index in [0.29, 0.717) is 12.1 Å². The van der Waals surface area contributed by atoms with Crippen molar-refractivity contribution in [1.29, 1.82) is 0 Å². The van der Waals surface area contributed by atoms with Gasteiger partial charge in [-0.25, -0.2) is 4.68 Å². The van der Waals surface area contributed by atoms with Gasteiger partial charge in [0.25, 0.3) is 0 Å². The minimum absolute atomic E-state index is 0.246. The molecule has 0 spiro atoms. The van der Waals surface area contributed by atoms with E-state index in [1.807, 2.05) is 30.3 Å². The fourth-order valence-corrected chi connectivity index (χ4v) is 2.27. The number of nitrogens with one attached hydrogen (secondary N) is 1. The summed E-state index contributed by atoms with van der Waals surface area (Å²) >= 11 is 0. The van der Waals surface area contributed by atoms with Crippen LogP contribution in [0.1, 0.15) is 19.8 Å². The Morgan fingerprint density at radius 3 is 2.84 bits per heavy atom. The number of rotatable bonds is 5. The molecule has 1 saturated carbocycles. The van der Waals surface area contributed by atoms with Gasteiger partial charge in [0.05, 0.1) is 5.69 Å². The third-order valence-electron chi connectivity index (χ3n) is 3.35. The smallest absolute Gasteiger partial charge is 0.336 e. The number of para-hydroxylation sites is 1. The van der Waals surface area contributed by atoms with Gasteiger partial charge in [0.1, 0.15) is 12.4 Å². The average Bonchev–Trinajstić information content (AvgIpc) is 2.86. The minimum Gasteiger partial charge on any atom is -0.459 e. The Balaban J connectivity index is 1.58. The second kappa shape index (κ2) is 5.40. The van der Waals surface area contributed by atoms with Crippen molar-refractivity contribution in [3.63, 3.8) is 0 Å². The lowest BCUT2D eigenvalue weighted by atomic mass is 9.89. The van der Waals surface area contributed by atoms with E-state index in [1.165, 1.54) is 0 Å². The van der Waals surface area contributed by atoms with Crippen LogP contribution in [0.25, 0.3) is 5.69 Å². The number of aromatic nitrogens is 3. The molecule has 0 unspecified atom stereocenters. The molecule has 1 N–H and O–H groups in total. The maximum Gasteiger partial charge on any atom is 0.336 e. The summed E-state index contributed by atoms with van der Waals surface area (Å²) in [7, 11) is 0. The largest absolute Gasteiger partial charge is 0.459 e. The van der Waals surface area contributed by atoms with Crippen LogP contribution in [0.2, 0.25) is 0 Å². The van der Waals surface area contributed by atoms with Crippen molar-refractivity contribution in [2.24, 2.45) is 0 Å². The molecule has 5 heteroatoms. The molecule has 0 atom stereocenters. The van der Waals surface area contributed by atoms with Crippen molar-refractivity contribution >= 4 is 0 Å². The molecule has 1 aromatic heterocycles. The molecule has 0 radical (unpaired) electrons. The Bertz CT molecular complexity index is 519. The van der Waals surface area contributed by atoms with Gasteiger partial charge >= 0.3 is 6.01 Å². The van der Waals surface area contributed by atoms with Gasteiger partial charge < -0.3 is 10.1 Å². The molecule has 1 heterocycles. The van der Waals surface area contributed by atoms with Crippen molar-refractivity contribution in [3.05, 3.63) is 36.7 Å². The van der Waals surface area contributed by atoms with Gasteiger partial charge in [-0.15, -0.1) is 5.10 Å². The van der Waals surface area contributed by atoms with E-state index in [4.69, 9.17) is 4.74 Å². The monoisotopic (exact) mass is 258 g/mol. The maximum absolute atomic E-state index is 5.75. The lowest BCUT2D eigenvalue weighted by Gasteiger charge is -2.34. The quantitative estimate of drug-likeness (QED) is 0.888. The Hall–Kier alpha value is -1.88. The summed E-state index contributed by atoms with van der Waals surface area (Å²) in [6.07, 6.45) is 4.00. The fourth-order valence-electron chi connectivity index (χ4n) is 2.27. The first-order chi connectivity index (χ1) is 9.35. The average molecular weight is 258 g/mol. The van der Waals surface area contributed by atoms with Gasteiger partial charge in [-0.2, -0.15) is 4.98 Å². The Kier molecular flexibility index (Phi) is 3.46. The van der Waals surface area contributed by atoms with Crippen molar-refractivity contribution in [2.45, 2.75) is 31.9 Å². The molecule has 0 aliphatic heterocycles. The van der Waals surface area contributed by atoms with E-state index >= 15 is 0 Å². The predicted molar refractivity (Wildman–Crippen MR) is 72.5 cm³/mol. The highest BCUT2D eigenvalue weighted by atomic mass is 16.5. The Labute approximate surface area is 112 Å². The van der Waals surface area contributed by atoms with Crippen LogP contribution >= 0.6 is 0 Å². The molecule has 1 aromatic carbocycles. The van der Waals surface area contributed by atoms with Gasteiger partial charge in [0.2, 0.25) is 0 Å². The number of hydrogen-bond acceptors (Lipinski definition) is 4. The Morgan fingerprint density at radius 1 is 1.32 bits per heavy atom. The number of hydrogen-bond donors (Lipinski definition) is 1. The molecule has 0 saturated heterocycles. The lowest BCUT2D eigenvalue weighted by Crippen LogP contribution is -2.46. The van der Waals surface area contributed by atoms with Gasteiger partial charge in [-0.3, -0.25) is 0 Å². The highest BCUT2D eigenvalue weighted by molar-refractivity contribution is 5.29. The van der Waals surface area contributed by atoms with Crippen LogP contribution in [-0.4, -0.2) is 33.5 Å². The van der Waals surface area contributed by atoms with Gasteiger partial charge in [-0.1, -0.05) is 25.1 Å². The molecule has 5 nitrogen and oxygen atoms in total. The summed E-state index contributed by atoms with van der Waals surface area (Å²) in [6.45, 7) is 3.13. The molecule has 0 amide bonds. The van der Waals surface area contributed by atoms with Crippen molar-refractivity contribution < 1.29 is 4.74 Å². The van der Waals surface area contributed by atoms with E-state index in [2.05, 4.69) is 22.3 Å². The molecular formula is C14H18N4O. The SMILES string of the molecule is CCNC1CC(Oc2ncn(-c3ccccc3)n2)C1. The van der Waals surface area contributed by atoms with Crippen molar-refractivity contribution in [3.8, 4) is 11.7 Å². The maximum atomic E-state index is 5.75. The van der Waals surface area contributed by atoms with Crippen LogP contribution in [0.15, 0.2) is 36.7 Å². The Morgan fingerprint density at radius 2 is 2.11 bits per heavy atom. The minimum atomic E-state index is 0.246. The van der Waals surface area contributed by atoms with E-state index in [9.17, 15) is 0 Å². The van der Waals surface area contributed by atoms with Crippen LogP contribution in [0.4, 0.5) is 0 Å². The van der Waals surface area contributed by atoms with E-state index in [-0.39, 0.29) is 6.10 Å². The van der Waals surface area contributed by atoms with Crippen LogP contribution in [0.5, 0.6) is 6.01 Å². The van der Waals surface area contributed by atoms with Gasteiger partial charge in [-0.05, 0) is 31.5 Å². The highest BCUT2D eigenvalue weighted by Gasteiger charge is 2.30. The first-order valence-electron chi connectivity index (χ1n) is 6.72. The fraction of sp³-hybridized carbons (Fsp3) is 0.429. The predicted octanol–water partition coefficient (Wildman–Crippen LogP) is 1.79. The summed E-state index contributed by atoms with van der Waals surface area (Å²) in [4.78, 5) is 4.19. The normalized spacial score (nSPS) is 21.9. The molecule has 1 aliphatic rings. The van der Waals surface area contributed by atoms with Crippen molar-refractivity contribution in [2.75, 3.05) is 6.54 Å². The zero-order valence-corrected chi connectivity index (χ0v) is 11.0. The second-order valence-electron chi connectivity index (χ2n) is 4.77. The molecule has 1 fully saturated rings. The lowest BCUT2D eigenvalue weighted by molar-refractivity contribution is 0.0767. The van der Waals surface area contributed by atoms with Gasteiger partial charge in [0.15, 0.2) is 0 Å². The first-order valence-corrected chi connectivity index (χ1v) is 6.72. The summed E-state index contributed by atoms with van der Waals surface area (Å²) in [5.74, 6) is 0. The topological polar surface area (TPSA) is 52.0 Å². The van der Waals surface area contributed by atoms with Crippen LogP contribution in [0.3, 0.4) is 0 Å². The first kappa shape index (κ1) is 12.2. The van der Waals surface area contributed by atoms with Crippen LogP contribution in [0, 0.1) is 0 Å². The van der Waals surface area contributed by atoms with Crippen molar-refractivity contribution in [1.82, 2.24) is 20.1 Å². The molecule has 1 aliphatic carbocycles. The molecule has 2 aromatic rings. The zero-order chi connectivity index (χ0) is 13.1. The second-order valence-corrected chi connectivity index (χ2v) is 4.77. The molecule has 19 heavy (non-hydrogen) atoms. The van der Waals surface area contributed by atoms with Crippen LogP contribution < -0.4 is 10.1 Å². The van der Waals surface area contributed by atoms with Gasteiger partial charge in [0, 0.05) is 6.04 Å². The molecule has 100 valence electrons. The summed E-state index contributed by atoms with van der Waals surface area (Å²) in [5.41, 5.74) is 0.990. The molecular weight excluding hydrogens is 240 g/mol. The molecule has 3 rings (SSSR count). The number of ether oxygens (including phenoxy) is 1. The molecule has 0 bridgehead atoms. The standard InChI is InChI=1S/C14H18N4O/c1-2-15-11-8-13(9-11)19-14-16-10-18(17-14)12-6-4-3-5-7-12/h3-7,10-11,13,15H,2,8-9H2,1H3. The van der Waals surface area contributed by atoms with E-state index in [0.717, 1.165) is 25.1 Å². The summed E-state index contributed by atoms with van der Waals surface area (Å²) in [5, 5.41) is 7.74. The third kappa shape index (κ3) is 2.76. The summed E-state index contributed by atoms with van der Waals surface area (Å²) in [6, 6.07) is 11.0. The number of nitrogens with zero attached hydrogens (tertiary/aromatic N) is 3. The zero-order valence-electron chi connectivity index (χ0n) is 11.0.